The maximum Gasteiger partial charge on any atom is 0.254 e. The van der Waals surface area contributed by atoms with Gasteiger partial charge in [-0.05, 0) is 44.6 Å². The number of hydrogen-bond acceptors (Lipinski definition) is 4. The number of hydrogen-bond donors (Lipinski definition) is 1. The third kappa shape index (κ3) is 4.13. The van der Waals surface area contributed by atoms with Crippen LogP contribution in [0.5, 0.6) is 0 Å². The maximum absolute atomic E-state index is 14.1. The number of rotatable bonds is 4. The van der Waals surface area contributed by atoms with Crippen molar-refractivity contribution in [2.45, 2.75) is 57.7 Å². The molecule has 0 saturated carbocycles. The average Bonchev–Trinajstić information content (AvgIpc) is 3.30. The summed E-state index contributed by atoms with van der Waals surface area (Å²) in [7, 11) is 0. The van der Waals surface area contributed by atoms with Gasteiger partial charge in [0.25, 0.3) is 5.56 Å². The lowest BCUT2D eigenvalue weighted by Gasteiger charge is -2.31. The van der Waals surface area contributed by atoms with E-state index < -0.39 is 0 Å². The Hall–Kier alpha value is -2.80. The molecule has 0 unspecified atom stereocenters. The first-order valence-corrected chi connectivity index (χ1v) is 11.6. The predicted molar refractivity (Wildman–Crippen MR) is 119 cm³/mol. The first kappa shape index (κ1) is 21.1. The summed E-state index contributed by atoms with van der Waals surface area (Å²) >= 11 is 0. The van der Waals surface area contributed by atoms with Crippen LogP contribution in [0.3, 0.4) is 0 Å². The topological polar surface area (TPSA) is 69.3 Å². The summed E-state index contributed by atoms with van der Waals surface area (Å²) in [5, 5.41) is 0. The Kier molecular flexibility index (Phi) is 5.91. The molecule has 32 heavy (non-hydrogen) atoms. The van der Waals surface area contributed by atoms with Gasteiger partial charge in [-0.2, -0.15) is 0 Å². The molecule has 2 aromatic rings. The molecule has 3 aliphatic rings. The first-order valence-electron chi connectivity index (χ1n) is 11.6. The number of likely N-dealkylation sites (tertiary alicyclic amines) is 1. The van der Waals surface area contributed by atoms with Crippen LogP contribution in [0, 0.1) is 11.7 Å². The Labute approximate surface area is 187 Å². The second-order valence-electron chi connectivity index (χ2n) is 9.10. The summed E-state index contributed by atoms with van der Waals surface area (Å²) < 4.78 is 14.1. The van der Waals surface area contributed by atoms with Crippen molar-refractivity contribution >= 4 is 5.91 Å². The van der Waals surface area contributed by atoms with E-state index in [0.717, 1.165) is 37.8 Å². The Bertz CT molecular complexity index is 1100. The van der Waals surface area contributed by atoms with Crippen molar-refractivity contribution in [2.24, 2.45) is 5.92 Å². The van der Waals surface area contributed by atoms with Crippen molar-refractivity contribution in [1.82, 2.24) is 19.8 Å². The third-order valence-corrected chi connectivity index (χ3v) is 6.99. The van der Waals surface area contributed by atoms with Gasteiger partial charge in [0.2, 0.25) is 5.91 Å². The van der Waals surface area contributed by atoms with Crippen molar-refractivity contribution in [2.75, 3.05) is 13.1 Å². The number of H-pyrrole nitrogens is 1. The number of carbonyl (C=O) groups excluding carboxylic acids is 1. The molecule has 5 rings (SSSR count). The van der Waals surface area contributed by atoms with Crippen LogP contribution >= 0.6 is 0 Å². The van der Waals surface area contributed by atoms with Crippen LogP contribution in [-0.2, 0) is 24.3 Å². The molecule has 1 fully saturated rings. The number of halogens is 1. The van der Waals surface area contributed by atoms with E-state index in [2.05, 4.69) is 22.0 Å². The minimum atomic E-state index is -0.212. The minimum Gasteiger partial charge on any atom is -0.332 e. The van der Waals surface area contributed by atoms with Crippen molar-refractivity contribution in [3.05, 3.63) is 75.2 Å². The predicted octanol–water partition coefficient (Wildman–Crippen LogP) is 3.49. The van der Waals surface area contributed by atoms with Gasteiger partial charge < -0.3 is 9.88 Å². The zero-order chi connectivity index (χ0) is 22.1. The van der Waals surface area contributed by atoms with Crippen molar-refractivity contribution < 1.29 is 9.18 Å². The van der Waals surface area contributed by atoms with Gasteiger partial charge >= 0.3 is 0 Å². The van der Waals surface area contributed by atoms with Crippen LogP contribution in [0.15, 0.2) is 41.2 Å². The quantitative estimate of drug-likeness (QED) is 0.745. The Balaban J connectivity index is 1.37. The van der Waals surface area contributed by atoms with E-state index in [-0.39, 0.29) is 29.2 Å². The number of carbonyl (C=O) groups is 1. The molecule has 1 aromatic carbocycles. The van der Waals surface area contributed by atoms with Gasteiger partial charge in [-0.25, -0.2) is 9.37 Å². The summed E-state index contributed by atoms with van der Waals surface area (Å²) in [5.74, 6) is 0.592. The molecule has 0 bridgehead atoms. The summed E-state index contributed by atoms with van der Waals surface area (Å²) in [6, 6.07) is 6.63. The van der Waals surface area contributed by atoms with Crippen molar-refractivity contribution in [1.29, 1.82) is 0 Å². The van der Waals surface area contributed by atoms with Gasteiger partial charge in [-0.15, -0.1) is 0 Å². The molecule has 0 spiro atoms. The molecule has 1 aromatic heterocycles. The van der Waals surface area contributed by atoms with Gasteiger partial charge in [0.1, 0.15) is 11.6 Å². The average molecular weight is 437 g/mol. The largest absolute Gasteiger partial charge is 0.332 e. The number of amides is 1. The molecule has 7 heteroatoms. The highest BCUT2D eigenvalue weighted by atomic mass is 19.1. The van der Waals surface area contributed by atoms with E-state index >= 15 is 0 Å². The Morgan fingerprint density at radius 1 is 1.19 bits per heavy atom. The summed E-state index contributed by atoms with van der Waals surface area (Å²) in [4.78, 5) is 37.9. The third-order valence-electron chi connectivity index (χ3n) is 6.99. The van der Waals surface area contributed by atoms with Gasteiger partial charge in [-0.1, -0.05) is 30.4 Å². The number of benzene rings is 1. The van der Waals surface area contributed by atoms with Gasteiger partial charge in [0.05, 0.1) is 11.7 Å². The van der Waals surface area contributed by atoms with Crippen LogP contribution < -0.4 is 5.56 Å². The zero-order valence-corrected chi connectivity index (χ0v) is 18.2. The van der Waals surface area contributed by atoms with Crippen molar-refractivity contribution in [3.63, 3.8) is 0 Å². The number of fused-ring (bicyclic) bond motifs is 1. The molecule has 2 aliphatic heterocycles. The highest BCUT2D eigenvalue weighted by molar-refractivity contribution is 5.80. The van der Waals surface area contributed by atoms with E-state index in [1.54, 1.807) is 12.1 Å². The summed E-state index contributed by atoms with van der Waals surface area (Å²) in [6.45, 7) is 2.40. The van der Waals surface area contributed by atoms with Gasteiger partial charge in [0.15, 0.2) is 0 Å². The molecule has 168 valence electrons. The first-order chi connectivity index (χ1) is 15.6. The van der Waals surface area contributed by atoms with Gasteiger partial charge in [-0.3, -0.25) is 14.5 Å². The number of nitrogens with one attached hydrogen (secondary N) is 1. The molecular formula is C25H29FN4O2. The van der Waals surface area contributed by atoms with E-state index in [9.17, 15) is 14.0 Å². The van der Waals surface area contributed by atoms with Crippen LogP contribution in [0.4, 0.5) is 4.39 Å². The molecule has 1 saturated heterocycles. The van der Waals surface area contributed by atoms with Crippen LogP contribution in [0.25, 0.3) is 0 Å². The van der Waals surface area contributed by atoms with E-state index in [0.29, 0.717) is 49.6 Å². The molecule has 1 amide bonds. The Morgan fingerprint density at radius 2 is 2.06 bits per heavy atom. The SMILES string of the molecule is O=C([C@@H]1CC=CCC1)N1CCC[C@@H]1c1nc2c(c(=O)[nH]1)CCN(Cc1ccccc1F)C2. The zero-order valence-electron chi connectivity index (χ0n) is 18.2. The molecule has 6 nitrogen and oxygen atoms in total. The molecule has 0 radical (unpaired) electrons. The molecular weight excluding hydrogens is 407 g/mol. The number of nitrogens with zero attached hydrogens (tertiary/aromatic N) is 3. The molecule has 3 heterocycles. The lowest BCUT2D eigenvalue weighted by molar-refractivity contribution is -0.136. The monoisotopic (exact) mass is 436 g/mol. The normalized spacial score (nSPS) is 23.3. The fourth-order valence-electron chi connectivity index (χ4n) is 5.24. The summed E-state index contributed by atoms with van der Waals surface area (Å²) in [5.41, 5.74) is 2.02. The number of aromatic nitrogens is 2. The summed E-state index contributed by atoms with van der Waals surface area (Å²) in [6.07, 6.45) is 9.18. The van der Waals surface area contributed by atoms with Crippen LogP contribution in [0.1, 0.15) is 60.8 Å². The fourth-order valence-corrected chi connectivity index (χ4v) is 5.24. The highest BCUT2D eigenvalue weighted by Crippen LogP contribution is 2.33. The second-order valence-corrected chi connectivity index (χ2v) is 9.10. The molecule has 1 aliphatic carbocycles. The lowest BCUT2D eigenvalue weighted by Crippen LogP contribution is -2.39. The second kappa shape index (κ2) is 8.98. The van der Waals surface area contributed by atoms with Crippen molar-refractivity contribution in [3.8, 4) is 0 Å². The Morgan fingerprint density at radius 3 is 2.88 bits per heavy atom. The fraction of sp³-hybridized carbons (Fsp3) is 0.480. The van der Waals surface area contributed by atoms with E-state index in [1.165, 1.54) is 6.07 Å². The molecule has 1 N–H and O–H groups in total. The minimum absolute atomic E-state index is 0.0289. The highest BCUT2D eigenvalue weighted by Gasteiger charge is 2.36. The van der Waals surface area contributed by atoms with Crippen LogP contribution in [0.2, 0.25) is 0 Å². The smallest absolute Gasteiger partial charge is 0.254 e. The van der Waals surface area contributed by atoms with E-state index in [1.807, 2.05) is 11.0 Å². The molecule has 2 atom stereocenters. The van der Waals surface area contributed by atoms with E-state index in [4.69, 9.17) is 4.98 Å². The standard InChI is InChI=1S/C25H29FN4O2/c26-20-10-5-4-9-18(20)15-29-14-12-19-21(16-29)27-23(28-24(19)31)22-11-6-13-30(22)25(32)17-7-2-1-3-8-17/h1-2,4-5,9-10,17,22H,3,6-8,11-16H2,(H,27,28,31)/t17-,22-/m1/s1. The number of aromatic amines is 1. The van der Waals surface area contributed by atoms with Gasteiger partial charge in [0, 0.05) is 43.2 Å². The van der Waals surface area contributed by atoms with Crippen LogP contribution in [-0.4, -0.2) is 38.8 Å². The number of allylic oxidation sites excluding steroid dienone is 2. The maximum atomic E-state index is 14.1. The lowest BCUT2D eigenvalue weighted by atomic mass is 9.93.